The van der Waals surface area contributed by atoms with Gasteiger partial charge in [0.2, 0.25) is 5.91 Å². The number of carbonyl (C=O) groups excluding carboxylic acids is 2. The largest absolute Gasteiger partial charge is 0.491 e. The van der Waals surface area contributed by atoms with Crippen LogP contribution in [0.2, 0.25) is 0 Å². The highest BCUT2D eigenvalue weighted by molar-refractivity contribution is 5.93. The molecule has 0 aromatic heterocycles. The summed E-state index contributed by atoms with van der Waals surface area (Å²) in [7, 11) is 1.39. The number of fused-ring (bicyclic) bond motifs is 1. The van der Waals surface area contributed by atoms with Gasteiger partial charge >= 0.3 is 5.97 Å². The van der Waals surface area contributed by atoms with E-state index in [9.17, 15) is 9.59 Å². The monoisotopic (exact) mass is 263 g/mol. The Morgan fingerprint density at radius 1 is 1.47 bits per heavy atom. The van der Waals surface area contributed by atoms with Gasteiger partial charge in [-0.15, -0.1) is 0 Å². The van der Waals surface area contributed by atoms with Crippen molar-refractivity contribution in [1.29, 1.82) is 0 Å². The number of hydrogen-bond acceptors (Lipinski definition) is 4. The third-order valence-corrected chi connectivity index (χ3v) is 2.98. The Bertz CT molecular complexity index is 484. The first-order chi connectivity index (χ1) is 9.19. The zero-order valence-corrected chi connectivity index (χ0v) is 10.9. The minimum Gasteiger partial charge on any atom is -0.491 e. The highest BCUT2D eigenvalue weighted by Crippen LogP contribution is 2.28. The van der Waals surface area contributed by atoms with Crippen molar-refractivity contribution in [1.82, 2.24) is 0 Å². The van der Waals surface area contributed by atoms with Crippen LogP contribution in [0.1, 0.15) is 24.8 Å². The molecule has 1 aromatic rings. The quantitative estimate of drug-likeness (QED) is 0.843. The van der Waals surface area contributed by atoms with E-state index in [1.807, 2.05) is 18.2 Å². The van der Waals surface area contributed by atoms with Crippen LogP contribution in [0.5, 0.6) is 5.75 Å². The summed E-state index contributed by atoms with van der Waals surface area (Å²) >= 11 is 0. The molecule has 1 amide bonds. The topological polar surface area (TPSA) is 64.6 Å². The molecule has 0 atom stereocenters. The fourth-order valence-corrected chi connectivity index (χ4v) is 1.96. The lowest BCUT2D eigenvalue weighted by Gasteiger charge is -2.09. The highest BCUT2D eigenvalue weighted by Gasteiger charge is 2.14. The molecule has 5 nitrogen and oxygen atoms in total. The van der Waals surface area contributed by atoms with Crippen molar-refractivity contribution < 1.29 is 19.1 Å². The lowest BCUT2D eigenvalue weighted by molar-refractivity contribution is -0.140. The summed E-state index contributed by atoms with van der Waals surface area (Å²) in [6.07, 6.45) is 2.25. The minimum absolute atomic E-state index is 0.0366. The molecule has 102 valence electrons. The van der Waals surface area contributed by atoms with E-state index in [0.29, 0.717) is 30.9 Å². The van der Waals surface area contributed by atoms with Crippen molar-refractivity contribution >= 4 is 17.6 Å². The van der Waals surface area contributed by atoms with E-state index in [1.165, 1.54) is 7.11 Å². The standard InChI is InChI=1S/C14H17NO4/c1-18-14(17)4-2-3-10-5-6-12-11(9-10)15-13(16)7-8-19-12/h5-6,9H,2-4,7-8H2,1H3,(H,15,16). The molecule has 0 aliphatic carbocycles. The number of rotatable bonds is 4. The van der Waals surface area contributed by atoms with Gasteiger partial charge in [0, 0.05) is 6.42 Å². The average Bonchev–Trinajstić information content (AvgIpc) is 2.58. The molecule has 2 rings (SSSR count). The first kappa shape index (κ1) is 13.4. The summed E-state index contributed by atoms with van der Waals surface area (Å²) in [5.41, 5.74) is 1.77. The van der Waals surface area contributed by atoms with Crippen LogP contribution in [0.25, 0.3) is 0 Å². The lowest BCUT2D eigenvalue weighted by atomic mass is 10.1. The highest BCUT2D eigenvalue weighted by atomic mass is 16.5. The van der Waals surface area contributed by atoms with Crippen molar-refractivity contribution in [2.75, 3.05) is 19.0 Å². The van der Waals surface area contributed by atoms with Gasteiger partial charge in [0.15, 0.2) is 0 Å². The molecule has 0 fully saturated rings. The Morgan fingerprint density at radius 3 is 3.11 bits per heavy atom. The molecule has 1 aliphatic rings. The number of benzene rings is 1. The smallest absolute Gasteiger partial charge is 0.305 e. The number of nitrogens with one attached hydrogen (secondary N) is 1. The first-order valence-corrected chi connectivity index (χ1v) is 6.31. The predicted octanol–water partition coefficient (Wildman–Crippen LogP) is 1.90. The van der Waals surface area contributed by atoms with Crippen molar-refractivity contribution in [2.24, 2.45) is 0 Å². The van der Waals surface area contributed by atoms with E-state index in [2.05, 4.69) is 10.1 Å². The molecule has 5 heteroatoms. The van der Waals surface area contributed by atoms with E-state index in [-0.39, 0.29) is 11.9 Å². The van der Waals surface area contributed by atoms with Crippen LogP contribution in [0.3, 0.4) is 0 Å². The first-order valence-electron chi connectivity index (χ1n) is 6.31. The summed E-state index contributed by atoms with van der Waals surface area (Å²) in [5, 5.41) is 2.82. The predicted molar refractivity (Wildman–Crippen MR) is 70.1 cm³/mol. The third-order valence-electron chi connectivity index (χ3n) is 2.98. The van der Waals surface area contributed by atoms with Gasteiger partial charge < -0.3 is 14.8 Å². The Kier molecular flexibility index (Phi) is 4.39. The molecule has 1 aliphatic heterocycles. The molecule has 0 spiro atoms. The van der Waals surface area contributed by atoms with Crippen LogP contribution in [0, 0.1) is 0 Å². The van der Waals surface area contributed by atoms with E-state index in [1.54, 1.807) is 0 Å². The maximum atomic E-state index is 11.4. The van der Waals surface area contributed by atoms with Gasteiger partial charge in [0.1, 0.15) is 5.75 Å². The van der Waals surface area contributed by atoms with Crippen LogP contribution >= 0.6 is 0 Å². The zero-order chi connectivity index (χ0) is 13.7. The number of hydrogen-bond donors (Lipinski definition) is 1. The Balaban J connectivity index is 1.99. The number of carbonyl (C=O) groups is 2. The van der Waals surface area contributed by atoms with E-state index >= 15 is 0 Å². The molecule has 1 aromatic carbocycles. The summed E-state index contributed by atoms with van der Waals surface area (Å²) < 4.78 is 10.1. The van der Waals surface area contributed by atoms with Crippen molar-refractivity contribution in [2.45, 2.75) is 25.7 Å². The molecular formula is C14H17NO4. The second-order valence-electron chi connectivity index (χ2n) is 4.41. The number of ether oxygens (including phenoxy) is 2. The van der Waals surface area contributed by atoms with Gasteiger partial charge in [0.25, 0.3) is 0 Å². The number of methoxy groups -OCH3 is 1. The van der Waals surface area contributed by atoms with Crippen molar-refractivity contribution in [3.05, 3.63) is 23.8 Å². The molecule has 0 radical (unpaired) electrons. The van der Waals surface area contributed by atoms with Gasteiger partial charge in [-0.3, -0.25) is 9.59 Å². The summed E-state index contributed by atoms with van der Waals surface area (Å²) in [4.78, 5) is 22.5. The number of aryl methyl sites for hydroxylation is 1. The SMILES string of the molecule is COC(=O)CCCc1ccc2c(c1)NC(=O)CCO2. The molecular weight excluding hydrogens is 246 g/mol. The van der Waals surface area contributed by atoms with Crippen LogP contribution in [-0.2, 0) is 20.7 Å². The number of esters is 1. The Hall–Kier alpha value is -2.04. The molecule has 19 heavy (non-hydrogen) atoms. The van der Waals surface area contributed by atoms with Crippen LogP contribution in [-0.4, -0.2) is 25.6 Å². The summed E-state index contributed by atoms with van der Waals surface area (Å²) in [6.45, 7) is 0.403. The molecule has 0 bridgehead atoms. The van der Waals surface area contributed by atoms with Crippen molar-refractivity contribution in [3.63, 3.8) is 0 Å². The number of anilines is 1. The fourth-order valence-electron chi connectivity index (χ4n) is 1.96. The van der Waals surface area contributed by atoms with E-state index in [0.717, 1.165) is 18.4 Å². The summed E-state index contributed by atoms with van der Waals surface area (Å²) in [6, 6.07) is 5.71. The average molecular weight is 263 g/mol. The van der Waals surface area contributed by atoms with Gasteiger partial charge in [-0.2, -0.15) is 0 Å². The Labute approximate surface area is 111 Å². The molecule has 1 heterocycles. The second-order valence-corrected chi connectivity index (χ2v) is 4.41. The van der Waals surface area contributed by atoms with Crippen LogP contribution in [0.15, 0.2) is 18.2 Å². The van der Waals surface area contributed by atoms with Crippen LogP contribution < -0.4 is 10.1 Å². The normalized spacial score (nSPS) is 13.8. The van der Waals surface area contributed by atoms with Gasteiger partial charge in [0.05, 0.1) is 25.8 Å². The third kappa shape index (κ3) is 3.71. The summed E-state index contributed by atoms with van der Waals surface area (Å²) in [5.74, 6) is 0.458. The zero-order valence-electron chi connectivity index (χ0n) is 10.9. The minimum atomic E-state index is -0.202. The van der Waals surface area contributed by atoms with E-state index < -0.39 is 0 Å². The molecule has 0 saturated heterocycles. The molecule has 1 N–H and O–H groups in total. The maximum absolute atomic E-state index is 11.4. The van der Waals surface area contributed by atoms with Gasteiger partial charge in [-0.05, 0) is 30.5 Å². The molecule has 0 saturated carbocycles. The Morgan fingerprint density at radius 2 is 2.32 bits per heavy atom. The van der Waals surface area contributed by atoms with E-state index in [4.69, 9.17) is 4.74 Å². The maximum Gasteiger partial charge on any atom is 0.305 e. The fraction of sp³-hybridized carbons (Fsp3) is 0.429. The van der Waals surface area contributed by atoms with Crippen molar-refractivity contribution in [3.8, 4) is 5.75 Å². The lowest BCUT2D eigenvalue weighted by Crippen LogP contribution is -2.10. The van der Waals surface area contributed by atoms with Gasteiger partial charge in [-0.25, -0.2) is 0 Å². The molecule has 0 unspecified atom stereocenters. The second kappa shape index (κ2) is 6.22. The number of amides is 1. The van der Waals surface area contributed by atoms with Gasteiger partial charge in [-0.1, -0.05) is 6.07 Å². The van der Waals surface area contributed by atoms with Crippen LogP contribution in [0.4, 0.5) is 5.69 Å².